The second kappa shape index (κ2) is 15.7. The van der Waals surface area contributed by atoms with Crippen LogP contribution in [-0.2, 0) is 56.5 Å². The maximum Gasteiger partial charge on any atom is 0.430 e. The number of alkyl halides is 3. The third-order valence-corrected chi connectivity index (χ3v) is 24.6. The first-order chi connectivity index (χ1) is 33.9. The van der Waals surface area contributed by atoms with Gasteiger partial charge in [0.15, 0.2) is 11.6 Å². The number of fused-ring (bicyclic) bond motifs is 16. The van der Waals surface area contributed by atoms with Crippen LogP contribution in [0.5, 0.6) is 0 Å². The molecule has 5 N–H and O–H groups in total. The van der Waals surface area contributed by atoms with E-state index in [1.807, 2.05) is 20.8 Å². The van der Waals surface area contributed by atoms with Crippen molar-refractivity contribution in [1.82, 2.24) is 4.98 Å². The second-order valence-corrected chi connectivity index (χ2v) is 28.0. The van der Waals surface area contributed by atoms with Gasteiger partial charge < -0.3 is 54.4 Å². The van der Waals surface area contributed by atoms with Crippen LogP contribution in [0.15, 0.2) is 11.6 Å². The van der Waals surface area contributed by atoms with E-state index in [0.29, 0.717) is 55.3 Å². The summed E-state index contributed by atoms with van der Waals surface area (Å²) < 4.78 is 61.2. The van der Waals surface area contributed by atoms with Crippen molar-refractivity contribution in [3.05, 3.63) is 34.4 Å². The van der Waals surface area contributed by atoms with Crippen LogP contribution in [0.4, 0.5) is 13.2 Å². The zero-order chi connectivity index (χ0) is 52.6. The van der Waals surface area contributed by atoms with Gasteiger partial charge in [0.05, 0.1) is 42.2 Å². The number of carbonyl (C=O) groups excluding carboxylic acids is 1. The predicted molar refractivity (Wildman–Crippen MR) is 254 cm³/mol. The molecule has 4 aliphatic heterocycles. The lowest BCUT2D eigenvalue weighted by Gasteiger charge is -2.62. The Bertz CT molecular complexity index is 2530. The SMILES string of the molecule is C[C@@H]1[C@@]2(CC[C@@](C)(CO)O2)O[C@H]2C=C3[C@@H]4[C@@H](O)C[C@H]5Cc6nc7c([n+](C)c6C[C@]5(C)[C@H]4C[C@@H](O)[C@]3(C)[C@]21O)C[C@@H]1CC[C@H]2[C@H]3C[C@@H]4O[C@@]5(CCC(C)(C)O5)[C@@H](C)[C@@H]4[C@@]3(C)[C@H](O)C[C@@H]2[C@@]1(C)C7.O=C([O-])C(F)(F)F. The molecule has 4 saturated heterocycles. The minimum absolute atomic E-state index is 0.0189. The Balaban J connectivity index is 0.000000726. The van der Waals surface area contributed by atoms with E-state index in [9.17, 15) is 38.7 Å². The van der Waals surface area contributed by atoms with Crippen molar-refractivity contribution in [2.45, 2.75) is 217 Å². The van der Waals surface area contributed by atoms with Crippen molar-refractivity contribution >= 4 is 5.97 Å². The normalized spacial score (nSPS) is 54.4. The van der Waals surface area contributed by atoms with Crippen molar-refractivity contribution in [2.24, 2.45) is 87.9 Å². The number of ether oxygens (including phenoxy) is 4. The number of carboxylic acid groups (broad SMARTS) is 1. The molecule has 1 aromatic rings. The molecule has 0 amide bonds. The molecule has 73 heavy (non-hydrogen) atoms. The largest absolute Gasteiger partial charge is 0.542 e. The number of halogens is 3. The Labute approximate surface area is 428 Å². The molecule has 23 atom stereocenters. The number of aliphatic hydroxyl groups excluding tert-OH is 4. The van der Waals surface area contributed by atoms with Crippen molar-refractivity contribution in [2.75, 3.05) is 6.61 Å². The van der Waals surface area contributed by atoms with E-state index in [4.69, 9.17) is 33.8 Å². The zero-order valence-electron chi connectivity index (χ0n) is 44.6. The number of nitrogens with zero attached hydrogens (tertiary/aromatic N) is 2. The van der Waals surface area contributed by atoms with Gasteiger partial charge in [0.2, 0.25) is 11.4 Å². The maximum absolute atomic E-state index is 13.0. The van der Waals surface area contributed by atoms with Gasteiger partial charge in [0.25, 0.3) is 0 Å². The highest BCUT2D eigenvalue weighted by atomic mass is 19.4. The highest BCUT2D eigenvalue weighted by molar-refractivity contribution is 5.70. The zero-order valence-corrected chi connectivity index (χ0v) is 44.6. The van der Waals surface area contributed by atoms with Crippen LogP contribution in [0, 0.1) is 80.8 Å². The molecule has 16 heteroatoms. The average molecular weight is 1030 g/mol. The standard InChI is InChI=1S/C55H81N2O9.C2HF3O2/c1-27-46-41(63-53(27)15-13-47(3,4)65-53)20-33-31-12-11-29-18-38-37(24-49(29,6)32(31)21-42(60)51(33,46)8)56-36-17-30-19-40(59)45-34(50(30,7)25-39(36)57(38)10)22-43(61)52(9)35(45)23-44-55(52,62)28(2)54(64-44)16-14-48(5,26-58)66-54;3-2(4,5)1(6)7/h23,27-34,40-46,58-62H,11-22,24-26H2,1-10H3;(H,6,7)/q+1;/p-1/t27-,28+,29-,30+,31+,32-,33+,34-,40-,41-,42+,43+,44-,45+,46-,48-,49-,50-,51+,52+,53+,54-,55+;/m0./s1. The van der Waals surface area contributed by atoms with Crippen LogP contribution in [0.2, 0.25) is 0 Å². The average Bonchev–Trinajstić information content (AvgIpc) is 4.09. The molecule has 0 aromatic carbocycles. The fourth-order valence-electron chi connectivity index (χ4n) is 20.5. The molecule has 0 radical (unpaired) electrons. The van der Waals surface area contributed by atoms with Gasteiger partial charge in [-0.2, -0.15) is 17.7 Å². The first kappa shape index (κ1) is 51.5. The number of carboxylic acids is 1. The lowest BCUT2D eigenvalue weighted by Crippen LogP contribution is -2.66. The van der Waals surface area contributed by atoms with Crippen LogP contribution in [-0.4, -0.2) is 108 Å². The second-order valence-electron chi connectivity index (χ2n) is 28.0. The van der Waals surface area contributed by atoms with Crippen molar-refractivity contribution in [3.63, 3.8) is 0 Å². The van der Waals surface area contributed by atoms with E-state index in [0.717, 1.165) is 56.9 Å². The van der Waals surface area contributed by atoms with Gasteiger partial charge in [-0.15, -0.1) is 0 Å². The van der Waals surface area contributed by atoms with Crippen LogP contribution < -0.4 is 9.67 Å². The van der Waals surface area contributed by atoms with Crippen LogP contribution in [0.3, 0.4) is 0 Å². The summed E-state index contributed by atoms with van der Waals surface area (Å²) in [5.41, 5.74) is 2.41. The molecule has 5 saturated carbocycles. The van der Waals surface area contributed by atoms with Crippen molar-refractivity contribution < 1.29 is 72.1 Å². The topological polar surface area (TPSA) is 195 Å². The first-order valence-electron chi connectivity index (χ1n) is 27.9. The maximum atomic E-state index is 13.0. The highest BCUT2D eigenvalue weighted by Gasteiger charge is 2.78. The Morgan fingerprint density at radius 1 is 0.808 bits per heavy atom. The van der Waals surface area contributed by atoms with E-state index in [1.54, 1.807) is 0 Å². The van der Waals surface area contributed by atoms with E-state index in [1.165, 1.54) is 35.6 Å². The fourth-order valence-corrected chi connectivity index (χ4v) is 20.5. The number of carbonyl (C=O) groups is 1. The van der Waals surface area contributed by atoms with E-state index in [-0.39, 0.29) is 64.3 Å². The molecule has 406 valence electrons. The van der Waals surface area contributed by atoms with Gasteiger partial charge >= 0.3 is 6.18 Å². The molecule has 13 rings (SSSR count). The van der Waals surface area contributed by atoms with Gasteiger partial charge in [0, 0.05) is 66.6 Å². The Morgan fingerprint density at radius 3 is 2.12 bits per heavy atom. The van der Waals surface area contributed by atoms with Crippen molar-refractivity contribution in [1.29, 1.82) is 0 Å². The van der Waals surface area contributed by atoms with Crippen LogP contribution in [0.1, 0.15) is 149 Å². The van der Waals surface area contributed by atoms with E-state index < -0.39 is 64.6 Å². The summed E-state index contributed by atoms with van der Waals surface area (Å²) in [6, 6.07) is 0. The molecule has 12 aliphatic rings. The van der Waals surface area contributed by atoms with Gasteiger partial charge in [-0.25, -0.2) is 4.98 Å². The molecule has 5 heterocycles. The fraction of sp³-hybridized carbons (Fsp3) is 0.877. The molecule has 2 spiro atoms. The summed E-state index contributed by atoms with van der Waals surface area (Å²) in [5, 5.41) is 69.4. The summed E-state index contributed by atoms with van der Waals surface area (Å²) in [6.07, 6.45) is 6.76. The molecule has 0 unspecified atom stereocenters. The minimum Gasteiger partial charge on any atom is -0.542 e. The highest BCUT2D eigenvalue weighted by Crippen LogP contribution is 2.73. The molecule has 0 bridgehead atoms. The summed E-state index contributed by atoms with van der Waals surface area (Å²) in [6.45, 7) is 19.9. The molecule has 13 nitrogen and oxygen atoms in total. The van der Waals surface area contributed by atoms with Gasteiger partial charge in [-0.05, 0) is 125 Å². The minimum atomic E-state index is -5.19. The summed E-state index contributed by atoms with van der Waals surface area (Å²) >= 11 is 0. The lowest BCUT2D eigenvalue weighted by atomic mass is 9.43. The predicted octanol–water partition coefficient (Wildman–Crippen LogP) is 5.13. The monoisotopic (exact) mass is 1030 g/mol. The number of hydrogen-bond donors (Lipinski definition) is 5. The third-order valence-electron chi connectivity index (χ3n) is 24.6. The van der Waals surface area contributed by atoms with Crippen LogP contribution >= 0.6 is 0 Å². The molecule has 1 aromatic heterocycles. The number of aliphatic carboxylic acids is 1. The molecule has 9 fully saturated rings. The Morgan fingerprint density at radius 2 is 1.48 bits per heavy atom. The van der Waals surface area contributed by atoms with Crippen molar-refractivity contribution in [3.8, 4) is 0 Å². The Hall–Kier alpha value is -2.28. The quantitative estimate of drug-likeness (QED) is 0.184. The molecular formula is C57H81F3N2O11. The summed E-state index contributed by atoms with van der Waals surface area (Å²) in [5.74, 6) is -2.45. The number of rotatable bonds is 1. The molecule has 8 aliphatic carbocycles. The summed E-state index contributed by atoms with van der Waals surface area (Å²) in [7, 11) is 2.28. The van der Waals surface area contributed by atoms with Gasteiger partial charge in [-0.1, -0.05) is 53.2 Å². The smallest absolute Gasteiger partial charge is 0.430 e. The summed E-state index contributed by atoms with van der Waals surface area (Å²) in [4.78, 5) is 14.5. The number of hydrogen-bond acceptors (Lipinski definition) is 12. The Kier molecular flexibility index (Phi) is 11.1. The van der Waals surface area contributed by atoms with Gasteiger partial charge in [0.1, 0.15) is 36.1 Å². The number of aromatic nitrogens is 2. The third kappa shape index (κ3) is 6.56. The number of aliphatic hydroxyl groups is 5. The van der Waals surface area contributed by atoms with E-state index in [2.05, 4.69) is 59.2 Å². The van der Waals surface area contributed by atoms with Crippen LogP contribution in [0.25, 0.3) is 0 Å². The van der Waals surface area contributed by atoms with Gasteiger partial charge in [-0.3, -0.25) is 0 Å². The molecular weight excluding hydrogens is 946 g/mol. The first-order valence-corrected chi connectivity index (χ1v) is 27.9. The lowest BCUT2D eigenvalue weighted by molar-refractivity contribution is -0.690. The van der Waals surface area contributed by atoms with E-state index >= 15 is 0 Å².